The number of halogens is 2. The average Bonchev–Trinajstić information content (AvgIpc) is 3.14. The lowest BCUT2D eigenvalue weighted by Crippen LogP contribution is -2.35. The number of ether oxygens (including phenoxy) is 4. The van der Waals surface area contributed by atoms with Gasteiger partial charge in [0, 0.05) is 22.9 Å². The van der Waals surface area contributed by atoms with Crippen molar-refractivity contribution in [1.29, 1.82) is 0 Å². The first-order valence-corrected chi connectivity index (χ1v) is 16.6. The number of amides is 1. The zero-order chi connectivity index (χ0) is 36.3. The number of carbonyl (C=O) groups excluding carboxylic acids is 5. The Morgan fingerprint density at radius 1 is 0.635 bits per heavy atom. The van der Waals surface area contributed by atoms with Crippen molar-refractivity contribution < 1.29 is 42.9 Å². The van der Waals surface area contributed by atoms with E-state index in [-0.39, 0.29) is 90.6 Å². The van der Waals surface area contributed by atoms with Gasteiger partial charge in [-0.1, -0.05) is 72.8 Å². The van der Waals surface area contributed by atoms with E-state index >= 15 is 0 Å². The normalized spacial score (nSPS) is 12.7. The predicted molar refractivity (Wildman–Crippen MR) is 195 cm³/mol. The van der Waals surface area contributed by atoms with Crippen molar-refractivity contribution in [1.82, 2.24) is 0 Å². The van der Waals surface area contributed by atoms with Crippen LogP contribution < -0.4 is 26.3 Å². The summed E-state index contributed by atoms with van der Waals surface area (Å²) in [6.07, 6.45) is 0.579. The molecule has 1 amide bonds. The average molecular weight is 751 g/mol. The molecule has 0 aliphatic heterocycles. The van der Waals surface area contributed by atoms with Gasteiger partial charge in [-0.2, -0.15) is 0 Å². The molecule has 0 saturated heterocycles. The van der Waals surface area contributed by atoms with Crippen LogP contribution in [0.2, 0.25) is 0 Å². The molecule has 0 spiro atoms. The lowest BCUT2D eigenvalue weighted by atomic mass is 9.82. The van der Waals surface area contributed by atoms with E-state index in [2.05, 4.69) is 5.32 Å². The molecule has 52 heavy (non-hydrogen) atoms. The van der Waals surface area contributed by atoms with Crippen LogP contribution in [0.15, 0.2) is 91.0 Å². The third kappa shape index (κ3) is 9.95. The molecule has 5 rings (SSSR count). The van der Waals surface area contributed by atoms with Crippen LogP contribution in [0.25, 0.3) is 0 Å². The number of rotatable bonds is 16. The van der Waals surface area contributed by atoms with Crippen LogP contribution in [-0.4, -0.2) is 73.8 Å². The molecular weight excluding hydrogens is 713 g/mol. The zero-order valence-electron chi connectivity index (χ0n) is 27.9. The Labute approximate surface area is 311 Å². The second-order valence-corrected chi connectivity index (χ2v) is 11.8. The van der Waals surface area contributed by atoms with Gasteiger partial charge < -0.3 is 35.7 Å². The lowest BCUT2D eigenvalue weighted by molar-refractivity contribution is -0.146. The molecule has 0 fully saturated rings. The van der Waals surface area contributed by atoms with Crippen LogP contribution in [0.1, 0.15) is 43.0 Å². The van der Waals surface area contributed by atoms with E-state index in [1.165, 1.54) is 24.3 Å². The first kappa shape index (κ1) is 39.5. The van der Waals surface area contributed by atoms with E-state index in [0.717, 1.165) is 11.1 Å². The summed E-state index contributed by atoms with van der Waals surface area (Å²) < 4.78 is 22.3. The monoisotopic (exact) mass is 749 g/mol. The molecule has 0 aromatic heterocycles. The lowest BCUT2D eigenvalue weighted by Gasteiger charge is -2.23. The minimum atomic E-state index is -0.905. The standard InChI is InChI=1S/C38H36ClN3O9.ClH/c39-22-32(43)42-25-20-27-34(31(21-25)49-15-17-51-38(47)29(41)19-24-10-5-2-6-11-24)36(45)33-26(35(27)44)12-7-13-30(33)48-14-16-50-37(46)28(40)18-23-8-3-1-4-9-23;/h1-13,20-21,28-29H,14-19,22,40-41H2,(H,42,43);1H/t28-,29-;/m0./s1. The van der Waals surface area contributed by atoms with Crippen molar-refractivity contribution in [2.24, 2.45) is 11.5 Å². The van der Waals surface area contributed by atoms with Crippen LogP contribution in [0.4, 0.5) is 5.69 Å². The quantitative estimate of drug-likeness (QED) is 0.0751. The Kier molecular flexibility index (Phi) is 14.3. The van der Waals surface area contributed by atoms with Crippen molar-refractivity contribution in [2.45, 2.75) is 24.9 Å². The van der Waals surface area contributed by atoms with Crippen molar-refractivity contribution in [2.75, 3.05) is 37.6 Å². The van der Waals surface area contributed by atoms with Gasteiger partial charge in [-0.15, -0.1) is 24.0 Å². The molecule has 0 saturated carbocycles. The Hall–Kier alpha value is -5.27. The molecule has 272 valence electrons. The van der Waals surface area contributed by atoms with E-state index in [0.29, 0.717) is 6.42 Å². The van der Waals surface area contributed by atoms with Gasteiger partial charge in [0.25, 0.3) is 0 Å². The van der Waals surface area contributed by atoms with Gasteiger partial charge in [-0.25, -0.2) is 0 Å². The summed E-state index contributed by atoms with van der Waals surface area (Å²) in [4.78, 5) is 64.9. The summed E-state index contributed by atoms with van der Waals surface area (Å²) in [6.45, 7) is -0.697. The van der Waals surface area contributed by atoms with Crippen LogP contribution in [0.3, 0.4) is 0 Å². The van der Waals surface area contributed by atoms with Gasteiger partial charge >= 0.3 is 11.9 Å². The summed E-state index contributed by atoms with van der Waals surface area (Å²) in [6, 6.07) is 24.0. The number of carbonyl (C=O) groups is 5. The minimum absolute atomic E-state index is 0. The van der Waals surface area contributed by atoms with Crippen molar-refractivity contribution in [3.8, 4) is 11.5 Å². The smallest absolute Gasteiger partial charge is 0.323 e. The molecule has 2 atom stereocenters. The van der Waals surface area contributed by atoms with E-state index in [1.54, 1.807) is 6.07 Å². The molecule has 1 aliphatic rings. The van der Waals surface area contributed by atoms with Gasteiger partial charge in [-0.05, 0) is 36.1 Å². The van der Waals surface area contributed by atoms with Crippen molar-refractivity contribution in [3.05, 3.63) is 124 Å². The summed E-state index contributed by atoms with van der Waals surface area (Å²) >= 11 is 5.68. The molecule has 4 aromatic rings. The molecule has 1 aliphatic carbocycles. The molecule has 12 nitrogen and oxygen atoms in total. The second kappa shape index (κ2) is 18.8. The number of esters is 2. The maximum Gasteiger partial charge on any atom is 0.323 e. The van der Waals surface area contributed by atoms with Gasteiger partial charge in [0.05, 0.1) is 11.1 Å². The Bertz CT molecular complexity index is 1910. The zero-order valence-corrected chi connectivity index (χ0v) is 29.5. The number of anilines is 1. The molecule has 14 heteroatoms. The fraction of sp³-hybridized carbons (Fsp3) is 0.237. The highest BCUT2D eigenvalue weighted by molar-refractivity contribution is 6.31. The topological polar surface area (TPSA) is 186 Å². The summed E-state index contributed by atoms with van der Waals surface area (Å²) in [7, 11) is 0. The molecular formula is C38H37Cl2N3O9. The number of nitrogens with two attached hydrogens (primary N) is 2. The summed E-state index contributed by atoms with van der Waals surface area (Å²) in [5.41, 5.74) is 13.9. The largest absolute Gasteiger partial charge is 0.489 e. The highest BCUT2D eigenvalue weighted by Crippen LogP contribution is 2.39. The van der Waals surface area contributed by atoms with E-state index < -0.39 is 41.5 Å². The number of alkyl halides is 1. The number of benzene rings is 4. The summed E-state index contributed by atoms with van der Waals surface area (Å²) in [5, 5.41) is 2.57. The predicted octanol–water partition coefficient (Wildman–Crippen LogP) is 4.05. The number of hydrogen-bond donors (Lipinski definition) is 3. The van der Waals surface area contributed by atoms with Crippen molar-refractivity contribution >= 4 is 59.1 Å². The number of nitrogens with one attached hydrogen (secondary N) is 1. The molecule has 5 N–H and O–H groups in total. The van der Waals surface area contributed by atoms with Crippen LogP contribution in [0.5, 0.6) is 11.5 Å². The highest BCUT2D eigenvalue weighted by atomic mass is 35.5. The first-order chi connectivity index (χ1) is 24.7. The minimum Gasteiger partial charge on any atom is -0.489 e. The van der Waals surface area contributed by atoms with Gasteiger partial charge in [0.1, 0.15) is 55.9 Å². The van der Waals surface area contributed by atoms with Gasteiger partial charge in [-0.3, -0.25) is 24.0 Å². The second-order valence-electron chi connectivity index (χ2n) is 11.5. The van der Waals surface area contributed by atoms with Gasteiger partial charge in [0.2, 0.25) is 11.7 Å². The first-order valence-electron chi connectivity index (χ1n) is 16.1. The maximum atomic E-state index is 14.1. The van der Waals surface area contributed by atoms with Crippen molar-refractivity contribution in [3.63, 3.8) is 0 Å². The molecule has 4 aromatic carbocycles. The maximum absolute atomic E-state index is 14.1. The SMILES string of the molecule is Cl.N[C@@H](Cc1ccccc1)C(=O)OCCOc1cccc2c1C(=O)c1c(OCCOC(=O)[C@@H](N)Cc3ccccc3)cc(NC(=O)CCl)cc1C2=O. The third-order valence-electron chi connectivity index (χ3n) is 7.85. The third-order valence-corrected chi connectivity index (χ3v) is 8.09. The van der Waals surface area contributed by atoms with Crippen LogP contribution >= 0.6 is 24.0 Å². The highest BCUT2D eigenvalue weighted by Gasteiger charge is 2.36. The number of hydrogen-bond acceptors (Lipinski definition) is 11. The van der Waals surface area contributed by atoms with E-state index in [4.69, 9.17) is 42.0 Å². The fourth-order valence-corrected chi connectivity index (χ4v) is 5.53. The Morgan fingerprint density at radius 2 is 1.15 bits per heavy atom. The van der Waals surface area contributed by atoms with Gasteiger partial charge in [0.15, 0.2) is 5.78 Å². The van der Waals surface area contributed by atoms with Crippen LogP contribution in [0, 0.1) is 0 Å². The Balaban J connectivity index is 0.00000605. The van der Waals surface area contributed by atoms with Crippen LogP contribution in [-0.2, 0) is 36.7 Å². The number of ketones is 2. The van der Waals surface area contributed by atoms with E-state index in [9.17, 15) is 24.0 Å². The molecule has 0 radical (unpaired) electrons. The molecule has 0 bridgehead atoms. The number of fused-ring (bicyclic) bond motifs is 2. The molecule has 0 heterocycles. The Morgan fingerprint density at radius 3 is 1.69 bits per heavy atom. The summed E-state index contributed by atoms with van der Waals surface area (Å²) in [5.74, 6) is -3.19. The fourth-order valence-electron chi connectivity index (χ4n) is 5.46. The van der Waals surface area contributed by atoms with E-state index in [1.807, 2.05) is 60.7 Å². The molecule has 0 unspecified atom stereocenters.